The molecule has 18 heavy (non-hydrogen) atoms. The van der Waals surface area contributed by atoms with Crippen molar-refractivity contribution in [3.8, 4) is 0 Å². The van der Waals surface area contributed by atoms with E-state index >= 15 is 0 Å². The zero-order valence-corrected chi connectivity index (χ0v) is 10.0. The lowest BCUT2D eigenvalue weighted by atomic mass is 10.1. The molecule has 0 spiro atoms. The fourth-order valence-electron chi connectivity index (χ4n) is 1.71. The number of aromatic nitrogens is 2. The van der Waals surface area contributed by atoms with Crippen molar-refractivity contribution in [1.29, 1.82) is 0 Å². The van der Waals surface area contributed by atoms with Gasteiger partial charge in [0, 0.05) is 30.4 Å². The molecule has 2 rings (SSSR count). The van der Waals surface area contributed by atoms with Crippen LogP contribution >= 0.6 is 0 Å². The van der Waals surface area contributed by atoms with E-state index < -0.39 is 0 Å². The Morgan fingerprint density at radius 1 is 1.50 bits per heavy atom. The Labute approximate surface area is 104 Å². The molecule has 0 bridgehead atoms. The quantitative estimate of drug-likeness (QED) is 0.866. The molecular formula is C13H14FN3O. The van der Waals surface area contributed by atoms with E-state index in [0.29, 0.717) is 24.1 Å². The summed E-state index contributed by atoms with van der Waals surface area (Å²) < 4.78 is 12.9. The van der Waals surface area contributed by atoms with Crippen LogP contribution in [0.25, 0.3) is 0 Å². The van der Waals surface area contributed by atoms with Crippen molar-refractivity contribution in [2.75, 3.05) is 6.54 Å². The Hall–Kier alpha value is -2.17. The van der Waals surface area contributed by atoms with E-state index in [0.717, 1.165) is 5.69 Å². The van der Waals surface area contributed by atoms with Crippen LogP contribution in [0.1, 0.15) is 21.6 Å². The van der Waals surface area contributed by atoms with Crippen molar-refractivity contribution in [2.45, 2.75) is 13.3 Å². The number of nitrogens with one attached hydrogen (secondary N) is 2. The first-order valence-electron chi connectivity index (χ1n) is 5.68. The summed E-state index contributed by atoms with van der Waals surface area (Å²) in [5, 5.41) is 2.79. The first kappa shape index (κ1) is 12.3. The molecule has 0 unspecified atom stereocenters. The molecule has 0 saturated carbocycles. The molecule has 0 fully saturated rings. The van der Waals surface area contributed by atoms with E-state index in [1.165, 1.54) is 18.2 Å². The summed E-state index contributed by atoms with van der Waals surface area (Å²) in [5.41, 5.74) is 2.10. The number of aromatic amines is 1. The third-order valence-corrected chi connectivity index (χ3v) is 2.67. The molecule has 1 heterocycles. The second-order valence-corrected chi connectivity index (χ2v) is 4.04. The Morgan fingerprint density at radius 2 is 2.33 bits per heavy atom. The van der Waals surface area contributed by atoms with E-state index in [1.807, 2.05) is 0 Å². The fraction of sp³-hybridized carbons (Fsp3) is 0.231. The molecule has 0 saturated heterocycles. The van der Waals surface area contributed by atoms with Gasteiger partial charge < -0.3 is 10.3 Å². The minimum atomic E-state index is -0.332. The van der Waals surface area contributed by atoms with E-state index in [9.17, 15) is 9.18 Å². The van der Waals surface area contributed by atoms with E-state index in [2.05, 4.69) is 15.3 Å². The summed E-state index contributed by atoms with van der Waals surface area (Å²) in [5.74, 6) is -0.520. The molecule has 2 N–H and O–H groups in total. The molecule has 94 valence electrons. The van der Waals surface area contributed by atoms with E-state index in [4.69, 9.17) is 0 Å². The zero-order chi connectivity index (χ0) is 13.0. The zero-order valence-electron chi connectivity index (χ0n) is 10.0. The molecule has 5 heteroatoms. The van der Waals surface area contributed by atoms with Crippen LogP contribution in [0.2, 0.25) is 0 Å². The molecule has 0 atom stereocenters. The molecule has 1 amide bonds. The Morgan fingerprint density at radius 3 is 3.00 bits per heavy atom. The molecule has 1 aromatic heterocycles. The summed E-state index contributed by atoms with van der Waals surface area (Å²) in [4.78, 5) is 18.7. The highest BCUT2D eigenvalue weighted by Gasteiger charge is 2.08. The lowest BCUT2D eigenvalue weighted by Gasteiger charge is -2.07. The molecule has 0 aliphatic carbocycles. The van der Waals surface area contributed by atoms with Crippen molar-refractivity contribution in [3.05, 3.63) is 53.4 Å². The minimum absolute atomic E-state index is 0.188. The Balaban J connectivity index is 1.91. The van der Waals surface area contributed by atoms with Crippen LogP contribution in [0.15, 0.2) is 30.7 Å². The lowest BCUT2D eigenvalue weighted by molar-refractivity contribution is 0.0953. The number of rotatable bonds is 4. The van der Waals surface area contributed by atoms with Gasteiger partial charge in [0.15, 0.2) is 0 Å². The van der Waals surface area contributed by atoms with Gasteiger partial charge in [0.05, 0.1) is 6.33 Å². The van der Waals surface area contributed by atoms with Crippen LogP contribution in [0.4, 0.5) is 4.39 Å². The third-order valence-electron chi connectivity index (χ3n) is 2.67. The molecule has 2 aromatic rings. The first-order chi connectivity index (χ1) is 8.66. The summed E-state index contributed by atoms with van der Waals surface area (Å²) >= 11 is 0. The highest BCUT2D eigenvalue weighted by molar-refractivity contribution is 5.95. The predicted molar refractivity (Wildman–Crippen MR) is 65.8 cm³/mol. The number of hydrogen-bond acceptors (Lipinski definition) is 2. The monoisotopic (exact) mass is 247 g/mol. The third kappa shape index (κ3) is 2.94. The van der Waals surface area contributed by atoms with Crippen molar-refractivity contribution >= 4 is 5.91 Å². The number of carbonyl (C=O) groups is 1. The van der Waals surface area contributed by atoms with Gasteiger partial charge in [-0.1, -0.05) is 0 Å². The van der Waals surface area contributed by atoms with Gasteiger partial charge in [-0.05, 0) is 30.7 Å². The van der Waals surface area contributed by atoms with E-state index in [-0.39, 0.29) is 11.7 Å². The standard InChI is InChI=1S/C13H14FN3O/c1-9-6-10(14)2-3-12(9)13(18)16-5-4-11-7-15-8-17-11/h2-3,6-8H,4-5H2,1H3,(H,15,17)(H,16,18). The van der Waals surface area contributed by atoms with Crippen LogP contribution < -0.4 is 5.32 Å². The molecule has 0 aliphatic rings. The van der Waals surface area contributed by atoms with Gasteiger partial charge in [-0.25, -0.2) is 9.37 Å². The summed E-state index contributed by atoms with van der Waals surface area (Å²) in [7, 11) is 0. The second kappa shape index (κ2) is 5.44. The molecule has 4 nitrogen and oxygen atoms in total. The number of hydrogen-bond donors (Lipinski definition) is 2. The molecule has 0 radical (unpaired) electrons. The number of amides is 1. The van der Waals surface area contributed by atoms with Crippen LogP contribution in [0.3, 0.4) is 0 Å². The van der Waals surface area contributed by atoms with Gasteiger partial charge in [0.2, 0.25) is 0 Å². The maximum Gasteiger partial charge on any atom is 0.251 e. The maximum absolute atomic E-state index is 12.9. The normalized spacial score (nSPS) is 10.3. The topological polar surface area (TPSA) is 57.8 Å². The van der Waals surface area contributed by atoms with E-state index in [1.54, 1.807) is 19.4 Å². The number of halogens is 1. The summed E-state index contributed by atoms with van der Waals surface area (Å²) in [6.07, 6.45) is 4.00. The predicted octanol–water partition coefficient (Wildman–Crippen LogP) is 1.83. The highest BCUT2D eigenvalue weighted by Crippen LogP contribution is 2.09. The van der Waals surface area contributed by atoms with Crippen molar-refractivity contribution in [2.24, 2.45) is 0 Å². The highest BCUT2D eigenvalue weighted by atomic mass is 19.1. The SMILES string of the molecule is Cc1cc(F)ccc1C(=O)NCCc1cnc[nH]1. The number of imidazole rings is 1. The number of H-pyrrole nitrogens is 1. The van der Waals surface area contributed by atoms with Gasteiger partial charge in [-0.3, -0.25) is 4.79 Å². The lowest BCUT2D eigenvalue weighted by Crippen LogP contribution is -2.26. The van der Waals surface area contributed by atoms with Crippen molar-refractivity contribution < 1.29 is 9.18 Å². The number of nitrogens with zero attached hydrogens (tertiary/aromatic N) is 1. The van der Waals surface area contributed by atoms with Gasteiger partial charge in [-0.15, -0.1) is 0 Å². The number of aryl methyl sites for hydroxylation is 1. The fourth-order valence-corrected chi connectivity index (χ4v) is 1.71. The van der Waals surface area contributed by atoms with Crippen LogP contribution in [0, 0.1) is 12.7 Å². The minimum Gasteiger partial charge on any atom is -0.352 e. The molecule has 0 aliphatic heterocycles. The van der Waals surface area contributed by atoms with Gasteiger partial charge in [0.25, 0.3) is 5.91 Å². The van der Waals surface area contributed by atoms with Crippen LogP contribution in [-0.2, 0) is 6.42 Å². The van der Waals surface area contributed by atoms with Crippen LogP contribution in [0.5, 0.6) is 0 Å². The van der Waals surface area contributed by atoms with Gasteiger partial charge in [-0.2, -0.15) is 0 Å². The molecule has 1 aromatic carbocycles. The molecular weight excluding hydrogens is 233 g/mol. The Bertz CT molecular complexity index is 537. The average molecular weight is 247 g/mol. The maximum atomic E-state index is 12.9. The van der Waals surface area contributed by atoms with Crippen molar-refractivity contribution in [3.63, 3.8) is 0 Å². The van der Waals surface area contributed by atoms with Gasteiger partial charge >= 0.3 is 0 Å². The summed E-state index contributed by atoms with van der Waals surface area (Å²) in [6, 6.07) is 4.14. The first-order valence-corrected chi connectivity index (χ1v) is 5.68. The van der Waals surface area contributed by atoms with Gasteiger partial charge in [0.1, 0.15) is 5.82 Å². The van der Waals surface area contributed by atoms with Crippen LogP contribution in [-0.4, -0.2) is 22.4 Å². The Kier molecular flexibility index (Phi) is 3.72. The largest absolute Gasteiger partial charge is 0.352 e. The average Bonchev–Trinajstić information content (AvgIpc) is 2.81. The second-order valence-electron chi connectivity index (χ2n) is 4.04. The number of carbonyl (C=O) groups excluding carboxylic acids is 1. The van der Waals surface area contributed by atoms with Crippen molar-refractivity contribution in [1.82, 2.24) is 15.3 Å². The number of benzene rings is 1. The summed E-state index contributed by atoms with van der Waals surface area (Å²) in [6.45, 7) is 2.23. The smallest absolute Gasteiger partial charge is 0.251 e.